The van der Waals surface area contributed by atoms with Crippen molar-refractivity contribution in [2.45, 2.75) is 13.5 Å². The molecule has 162 valence electrons. The first-order valence-electron chi connectivity index (χ1n) is 9.05. The summed E-state index contributed by atoms with van der Waals surface area (Å²) < 4.78 is 11.5. The minimum Gasteiger partial charge on any atom is -0.488 e. The zero-order valence-corrected chi connectivity index (χ0v) is 20.7. The number of carbonyl (C=O) groups excluding carboxylic acids is 3. The number of rotatable bonds is 7. The number of ether oxygens (including phenoxy) is 2. The second kappa shape index (κ2) is 10.7. The van der Waals surface area contributed by atoms with E-state index in [1.807, 2.05) is 12.1 Å². The average Bonchev–Trinajstić information content (AvgIpc) is 2.97. The summed E-state index contributed by atoms with van der Waals surface area (Å²) in [5, 5.41) is 0.446. The number of carbonyl (C=O) groups is 3. The number of hydrogen-bond acceptors (Lipinski definition) is 6. The molecule has 2 aromatic rings. The lowest BCUT2D eigenvalue weighted by molar-refractivity contribution is -0.145. The highest BCUT2D eigenvalue weighted by molar-refractivity contribution is 14.1. The molecule has 0 N–H and O–H groups in total. The molecule has 0 spiro atoms. The topological polar surface area (TPSA) is 72.9 Å². The Bertz CT molecular complexity index is 1080. The molecular formula is C21H16Cl2INO5S. The van der Waals surface area contributed by atoms with Gasteiger partial charge in [0.15, 0.2) is 0 Å². The highest BCUT2D eigenvalue weighted by Crippen LogP contribution is 2.33. The van der Waals surface area contributed by atoms with Crippen LogP contribution in [-0.4, -0.2) is 35.2 Å². The van der Waals surface area contributed by atoms with Crippen LogP contribution in [0, 0.1) is 3.57 Å². The molecule has 1 saturated heterocycles. The molecule has 1 fully saturated rings. The number of esters is 1. The summed E-state index contributed by atoms with van der Waals surface area (Å²) in [7, 11) is 0. The van der Waals surface area contributed by atoms with E-state index in [1.54, 1.807) is 37.3 Å². The molecule has 0 atom stereocenters. The van der Waals surface area contributed by atoms with E-state index in [2.05, 4.69) is 22.6 Å². The van der Waals surface area contributed by atoms with Crippen LogP contribution in [0.4, 0.5) is 4.79 Å². The Labute approximate surface area is 207 Å². The summed E-state index contributed by atoms with van der Waals surface area (Å²) in [4.78, 5) is 37.3. The van der Waals surface area contributed by atoms with Crippen LogP contribution in [0.5, 0.6) is 5.75 Å². The minimum absolute atomic E-state index is 0.183. The second-order valence-corrected chi connectivity index (χ2v) is 9.27. The average molecular weight is 592 g/mol. The molecule has 0 bridgehead atoms. The van der Waals surface area contributed by atoms with Gasteiger partial charge in [-0.25, -0.2) is 0 Å². The van der Waals surface area contributed by atoms with Gasteiger partial charge in [0.05, 0.1) is 25.1 Å². The number of halogens is 3. The summed E-state index contributed by atoms with van der Waals surface area (Å²) >= 11 is 14.9. The van der Waals surface area contributed by atoms with Crippen molar-refractivity contribution < 1.29 is 23.9 Å². The van der Waals surface area contributed by atoms with Crippen LogP contribution in [0.2, 0.25) is 10.0 Å². The van der Waals surface area contributed by atoms with Gasteiger partial charge in [-0.05, 0) is 82.7 Å². The van der Waals surface area contributed by atoms with E-state index >= 15 is 0 Å². The summed E-state index contributed by atoms with van der Waals surface area (Å²) in [6, 6.07) is 10.7. The molecule has 0 saturated carbocycles. The lowest BCUT2D eigenvalue weighted by atomic mass is 10.2. The third kappa shape index (κ3) is 6.15. The standard InChI is InChI=1S/C21H16Cl2INO5S/c1-2-29-19(26)10-25-20(27)18(31-21(25)28)9-12-4-6-17(16(24)8-12)30-11-13-3-5-14(22)15(23)7-13/h3-9H,2,10-11H2,1H3/b18-9+. The SMILES string of the molecule is CCOC(=O)CN1C(=O)S/C(=C/c2ccc(OCc3ccc(Cl)c(Cl)c3)c(I)c2)C1=O. The zero-order valence-electron chi connectivity index (χ0n) is 16.2. The maximum absolute atomic E-state index is 12.5. The van der Waals surface area contributed by atoms with Crippen molar-refractivity contribution in [2.75, 3.05) is 13.2 Å². The Hall–Kier alpha value is -1.75. The van der Waals surface area contributed by atoms with Gasteiger partial charge >= 0.3 is 5.97 Å². The highest BCUT2D eigenvalue weighted by Gasteiger charge is 2.36. The van der Waals surface area contributed by atoms with Crippen molar-refractivity contribution in [1.29, 1.82) is 0 Å². The molecule has 2 amide bonds. The summed E-state index contributed by atoms with van der Waals surface area (Å²) in [6.45, 7) is 1.77. The van der Waals surface area contributed by atoms with Gasteiger partial charge in [0.25, 0.3) is 11.1 Å². The van der Waals surface area contributed by atoms with E-state index in [1.165, 1.54) is 0 Å². The van der Waals surface area contributed by atoms with Gasteiger partial charge in [-0.2, -0.15) is 0 Å². The fourth-order valence-corrected chi connectivity index (χ4v) is 4.49. The fourth-order valence-electron chi connectivity index (χ4n) is 2.64. The largest absolute Gasteiger partial charge is 0.488 e. The van der Waals surface area contributed by atoms with Crippen molar-refractivity contribution in [1.82, 2.24) is 4.90 Å². The van der Waals surface area contributed by atoms with E-state index in [-0.39, 0.29) is 11.5 Å². The Morgan fingerprint density at radius 2 is 1.94 bits per heavy atom. The molecule has 0 unspecified atom stereocenters. The van der Waals surface area contributed by atoms with E-state index in [4.69, 9.17) is 32.7 Å². The van der Waals surface area contributed by atoms with Gasteiger partial charge in [0.2, 0.25) is 0 Å². The van der Waals surface area contributed by atoms with Crippen molar-refractivity contribution >= 4 is 80.7 Å². The number of amides is 2. The zero-order chi connectivity index (χ0) is 22.5. The normalized spacial score (nSPS) is 15.0. The van der Waals surface area contributed by atoms with Gasteiger partial charge in [-0.3, -0.25) is 19.3 Å². The van der Waals surface area contributed by atoms with E-state index in [9.17, 15) is 14.4 Å². The summed E-state index contributed by atoms with van der Waals surface area (Å²) in [5.74, 6) is -0.471. The van der Waals surface area contributed by atoms with Crippen LogP contribution in [0.3, 0.4) is 0 Å². The number of benzene rings is 2. The predicted molar refractivity (Wildman–Crippen MR) is 129 cm³/mol. The highest BCUT2D eigenvalue weighted by atomic mass is 127. The van der Waals surface area contributed by atoms with E-state index < -0.39 is 23.7 Å². The first kappa shape index (κ1) is 23.9. The van der Waals surface area contributed by atoms with Gasteiger partial charge in [-0.15, -0.1) is 0 Å². The van der Waals surface area contributed by atoms with E-state index in [0.29, 0.717) is 22.4 Å². The molecular weight excluding hydrogens is 576 g/mol. The van der Waals surface area contributed by atoms with Crippen LogP contribution in [0.25, 0.3) is 6.08 Å². The minimum atomic E-state index is -0.621. The molecule has 10 heteroatoms. The second-order valence-electron chi connectivity index (χ2n) is 6.30. The molecule has 0 aliphatic carbocycles. The summed E-state index contributed by atoms with van der Waals surface area (Å²) in [6.07, 6.45) is 1.61. The molecule has 31 heavy (non-hydrogen) atoms. The molecule has 6 nitrogen and oxygen atoms in total. The van der Waals surface area contributed by atoms with Gasteiger partial charge in [-0.1, -0.05) is 35.3 Å². The van der Waals surface area contributed by atoms with Crippen LogP contribution < -0.4 is 4.74 Å². The molecule has 1 aliphatic heterocycles. The van der Waals surface area contributed by atoms with Crippen LogP contribution in [0.1, 0.15) is 18.1 Å². The van der Waals surface area contributed by atoms with Gasteiger partial charge in [0.1, 0.15) is 18.9 Å². The van der Waals surface area contributed by atoms with Crippen molar-refractivity contribution in [2.24, 2.45) is 0 Å². The molecule has 2 aromatic carbocycles. The molecule has 0 aromatic heterocycles. The molecule has 1 heterocycles. The first-order chi connectivity index (χ1) is 14.8. The third-order valence-electron chi connectivity index (χ3n) is 4.10. The Morgan fingerprint density at radius 3 is 2.61 bits per heavy atom. The lowest BCUT2D eigenvalue weighted by Gasteiger charge is -2.11. The lowest BCUT2D eigenvalue weighted by Crippen LogP contribution is -2.34. The van der Waals surface area contributed by atoms with E-state index in [0.717, 1.165) is 31.4 Å². The molecule has 0 radical (unpaired) electrons. The fraction of sp³-hybridized carbons (Fsp3) is 0.190. The maximum atomic E-state index is 12.5. The Balaban J connectivity index is 1.68. The Morgan fingerprint density at radius 1 is 1.16 bits per heavy atom. The maximum Gasteiger partial charge on any atom is 0.326 e. The van der Waals surface area contributed by atoms with Crippen LogP contribution in [-0.2, 0) is 20.9 Å². The summed E-state index contributed by atoms with van der Waals surface area (Å²) in [5.41, 5.74) is 1.61. The smallest absolute Gasteiger partial charge is 0.326 e. The number of thioether (sulfide) groups is 1. The van der Waals surface area contributed by atoms with Crippen molar-refractivity contribution in [3.05, 3.63) is 66.0 Å². The van der Waals surface area contributed by atoms with Crippen LogP contribution >= 0.6 is 57.6 Å². The molecule has 3 rings (SSSR count). The number of nitrogens with zero attached hydrogens (tertiary/aromatic N) is 1. The number of imide groups is 1. The number of hydrogen-bond donors (Lipinski definition) is 0. The predicted octanol–water partition coefficient (Wildman–Crippen LogP) is 5.78. The van der Waals surface area contributed by atoms with Crippen LogP contribution in [0.15, 0.2) is 41.3 Å². The molecule has 1 aliphatic rings. The first-order valence-corrected chi connectivity index (χ1v) is 11.7. The monoisotopic (exact) mass is 591 g/mol. The van der Waals surface area contributed by atoms with Crippen molar-refractivity contribution in [3.63, 3.8) is 0 Å². The van der Waals surface area contributed by atoms with Gasteiger partial charge < -0.3 is 9.47 Å². The quantitative estimate of drug-likeness (QED) is 0.231. The third-order valence-corrected chi connectivity index (χ3v) is 6.59. The Kier molecular flexibility index (Phi) is 8.26. The van der Waals surface area contributed by atoms with Gasteiger partial charge in [0, 0.05) is 0 Å². The van der Waals surface area contributed by atoms with Crippen molar-refractivity contribution in [3.8, 4) is 5.75 Å².